The van der Waals surface area contributed by atoms with E-state index in [0.717, 1.165) is 20.8 Å². The number of ether oxygens (including phenoxy) is 1. The van der Waals surface area contributed by atoms with Crippen LogP contribution in [0.15, 0.2) is 64.2 Å². The van der Waals surface area contributed by atoms with Gasteiger partial charge in [0.05, 0.1) is 19.2 Å². The van der Waals surface area contributed by atoms with Crippen molar-refractivity contribution in [3.8, 4) is 11.5 Å². The third-order valence-corrected chi connectivity index (χ3v) is 4.71. The number of phenolic OH excluding ortho intramolecular Hbond substituents is 1. The smallest absolute Gasteiger partial charge is 0.244 e. The second-order valence-corrected chi connectivity index (χ2v) is 6.73. The zero-order chi connectivity index (χ0) is 19.2. The molecule has 0 saturated heterocycles. The molecule has 27 heavy (non-hydrogen) atoms. The summed E-state index contributed by atoms with van der Waals surface area (Å²) in [5, 5.41) is 15.9. The summed E-state index contributed by atoms with van der Waals surface area (Å²) in [4.78, 5) is 12.3. The van der Waals surface area contributed by atoms with Gasteiger partial charge in [-0.05, 0) is 47.5 Å². The van der Waals surface area contributed by atoms with Crippen molar-refractivity contribution in [1.29, 1.82) is 0 Å². The molecule has 1 amide bonds. The molecule has 0 atom stereocenters. The van der Waals surface area contributed by atoms with Crippen LogP contribution < -0.4 is 10.2 Å². The number of carbonyl (C=O) groups excluding carboxylic acids is 1. The Balaban J connectivity index is 1.70. The number of amides is 1. The van der Waals surface area contributed by atoms with E-state index in [2.05, 4.69) is 26.5 Å². The normalized spacial score (nSPS) is 11.0. The molecule has 0 bridgehead atoms. The fraction of sp³-hybridized carbons (Fsp3) is 0.143. The molecule has 0 aliphatic heterocycles. The lowest BCUT2D eigenvalue weighted by molar-refractivity contribution is -0.120. The maximum atomic E-state index is 12.3. The molecule has 138 valence electrons. The van der Waals surface area contributed by atoms with Crippen LogP contribution in [-0.4, -0.2) is 23.8 Å². The number of nitrogens with one attached hydrogen (secondary N) is 1. The second kappa shape index (κ2) is 8.68. The highest BCUT2D eigenvalue weighted by Crippen LogP contribution is 2.27. The SMILES string of the molecule is CCOc1ccc(O)c(/C=N\NC(=O)Cc2ccc(Br)c3ccccc23)c1. The first kappa shape index (κ1) is 18.9. The van der Waals surface area contributed by atoms with Gasteiger partial charge >= 0.3 is 0 Å². The van der Waals surface area contributed by atoms with Crippen molar-refractivity contribution < 1.29 is 14.6 Å². The molecule has 2 N–H and O–H groups in total. The van der Waals surface area contributed by atoms with Gasteiger partial charge in [0.1, 0.15) is 11.5 Å². The van der Waals surface area contributed by atoms with Crippen LogP contribution in [0.3, 0.4) is 0 Å². The molecule has 3 aromatic carbocycles. The number of hydrazone groups is 1. The Morgan fingerprint density at radius 3 is 2.74 bits per heavy atom. The van der Waals surface area contributed by atoms with Crippen molar-refractivity contribution in [1.82, 2.24) is 5.43 Å². The third kappa shape index (κ3) is 4.65. The van der Waals surface area contributed by atoms with Crippen LogP contribution in [0, 0.1) is 0 Å². The van der Waals surface area contributed by atoms with Gasteiger partial charge in [0.25, 0.3) is 0 Å². The van der Waals surface area contributed by atoms with Crippen LogP contribution in [0.2, 0.25) is 0 Å². The van der Waals surface area contributed by atoms with E-state index in [1.54, 1.807) is 12.1 Å². The highest BCUT2D eigenvalue weighted by molar-refractivity contribution is 9.10. The van der Waals surface area contributed by atoms with E-state index in [0.29, 0.717) is 17.9 Å². The lowest BCUT2D eigenvalue weighted by Crippen LogP contribution is -2.19. The first-order chi connectivity index (χ1) is 13.1. The molecule has 3 aromatic rings. The summed E-state index contributed by atoms with van der Waals surface area (Å²) >= 11 is 3.53. The zero-order valence-corrected chi connectivity index (χ0v) is 16.4. The van der Waals surface area contributed by atoms with Crippen molar-refractivity contribution >= 4 is 38.8 Å². The molecule has 0 spiro atoms. The molecular formula is C21H19BrN2O3. The Kier molecular flexibility index (Phi) is 6.08. The number of aromatic hydroxyl groups is 1. The molecule has 0 aliphatic rings. The van der Waals surface area contributed by atoms with Gasteiger partial charge in [-0.1, -0.05) is 46.3 Å². The van der Waals surface area contributed by atoms with E-state index in [1.807, 2.05) is 43.3 Å². The van der Waals surface area contributed by atoms with Crippen molar-refractivity contribution in [2.24, 2.45) is 5.10 Å². The molecule has 0 unspecified atom stereocenters. The average molecular weight is 427 g/mol. The molecule has 5 nitrogen and oxygen atoms in total. The van der Waals surface area contributed by atoms with E-state index in [-0.39, 0.29) is 18.1 Å². The lowest BCUT2D eigenvalue weighted by Gasteiger charge is -2.08. The van der Waals surface area contributed by atoms with Gasteiger partial charge < -0.3 is 9.84 Å². The van der Waals surface area contributed by atoms with Crippen LogP contribution in [0.25, 0.3) is 10.8 Å². The summed E-state index contributed by atoms with van der Waals surface area (Å²) in [5.41, 5.74) is 3.89. The number of halogens is 1. The van der Waals surface area contributed by atoms with Gasteiger partial charge in [-0.15, -0.1) is 0 Å². The third-order valence-electron chi connectivity index (χ3n) is 4.02. The number of carbonyl (C=O) groups is 1. The minimum Gasteiger partial charge on any atom is -0.507 e. The van der Waals surface area contributed by atoms with Crippen LogP contribution >= 0.6 is 15.9 Å². The minimum atomic E-state index is -0.237. The number of nitrogens with zero attached hydrogens (tertiary/aromatic N) is 1. The van der Waals surface area contributed by atoms with Crippen molar-refractivity contribution in [3.63, 3.8) is 0 Å². The number of benzene rings is 3. The van der Waals surface area contributed by atoms with Crippen LogP contribution in [-0.2, 0) is 11.2 Å². The fourth-order valence-electron chi connectivity index (χ4n) is 2.76. The monoisotopic (exact) mass is 426 g/mol. The molecule has 3 rings (SSSR count). The first-order valence-electron chi connectivity index (χ1n) is 8.52. The topological polar surface area (TPSA) is 70.9 Å². The molecule has 6 heteroatoms. The Bertz CT molecular complexity index is 1000. The standard InChI is InChI=1S/C21H19BrN2O3/c1-2-27-16-8-10-20(25)15(11-16)13-23-24-21(26)12-14-7-9-19(22)18-6-4-3-5-17(14)18/h3-11,13,25H,2,12H2,1H3,(H,24,26)/b23-13-. The van der Waals surface area contributed by atoms with E-state index < -0.39 is 0 Å². The van der Waals surface area contributed by atoms with Gasteiger partial charge in [0.15, 0.2) is 0 Å². The first-order valence-corrected chi connectivity index (χ1v) is 9.31. The van der Waals surface area contributed by atoms with Crippen molar-refractivity contribution in [2.75, 3.05) is 6.61 Å². The predicted molar refractivity (Wildman–Crippen MR) is 110 cm³/mol. The maximum absolute atomic E-state index is 12.3. The molecule has 0 radical (unpaired) electrons. The molecule has 0 heterocycles. The summed E-state index contributed by atoms with van der Waals surface area (Å²) in [7, 11) is 0. The van der Waals surface area contributed by atoms with Crippen molar-refractivity contribution in [3.05, 3.63) is 70.2 Å². The van der Waals surface area contributed by atoms with Crippen LogP contribution in [0.4, 0.5) is 0 Å². The lowest BCUT2D eigenvalue weighted by atomic mass is 10.0. The summed E-state index contributed by atoms with van der Waals surface area (Å²) in [6.45, 7) is 2.41. The second-order valence-electron chi connectivity index (χ2n) is 5.88. The highest BCUT2D eigenvalue weighted by atomic mass is 79.9. The number of hydrogen-bond acceptors (Lipinski definition) is 4. The Hall–Kier alpha value is -2.86. The van der Waals surface area contributed by atoms with E-state index in [9.17, 15) is 9.90 Å². The Labute approximate surface area is 165 Å². The number of hydrogen-bond donors (Lipinski definition) is 2. The van der Waals surface area contributed by atoms with Gasteiger partial charge in [0, 0.05) is 10.0 Å². The largest absolute Gasteiger partial charge is 0.507 e. The zero-order valence-electron chi connectivity index (χ0n) is 14.8. The summed E-state index contributed by atoms with van der Waals surface area (Å²) in [6, 6.07) is 16.6. The molecular weight excluding hydrogens is 408 g/mol. The van der Waals surface area contributed by atoms with Gasteiger partial charge in [-0.2, -0.15) is 5.10 Å². The fourth-order valence-corrected chi connectivity index (χ4v) is 3.24. The molecule has 0 fully saturated rings. The quantitative estimate of drug-likeness (QED) is 0.453. The molecule has 0 aliphatic carbocycles. The summed E-state index contributed by atoms with van der Waals surface area (Å²) in [5.74, 6) is 0.457. The van der Waals surface area contributed by atoms with Gasteiger partial charge in [0.2, 0.25) is 5.91 Å². The summed E-state index contributed by atoms with van der Waals surface area (Å²) < 4.78 is 6.39. The Morgan fingerprint density at radius 1 is 1.19 bits per heavy atom. The predicted octanol–water partition coefficient (Wildman–Crippen LogP) is 4.40. The minimum absolute atomic E-state index is 0.0651. The highest BCUT2D eigenvalue weighted by Gasteiger charge is 2.08. The number of phenols is 1. The van der Waals surface area contributed by atoms with E-state index >= 15 is 0 Å². The number of fused-ring (bicyclic) bond motifs is 1. The van der Waals surface area contributed by atoms with Gasteiger partial charge in [-0.3, -0.25) is 4.79 Å². The van der Waals surface area contributed by atoms with Gasteiger partial charge in [-0.25, -0.2) is 5.43 Å². The maximum Gasteiger partial charge on any atom is 0.244 e. The molecule has 0 aromatic heterocycles. The molecule has 0 saturated carbocycles. The van der Waals surface area contributed by atoms with Crippen molar-refractivity contribution in [2.45, 2.75) is 13.3 Å². The van der Waals surface area contributed by atoms with Crippen LogP contribution in [0.1, 0.15) is 18.1 Å². The average Bonchev–Trinajstić information content (AvgIpc) is 2.67. The van der Waals surface area contributed by atoms with E-state index in [4.69, 9.17) is 4.74 Å². The van der Waals surface area contributed by atoms with Crippen LogP contribution in [0.5, 0.6) is 11.5 Å². The number of rotatable bonds is 6. The Morgan fingerprint density at radius 2 is 1.96 bits per heavy atom. The summed E-state index contributed by atoms with van der Waals surface area (Å²) in [6.07, 6.45) is 1.60. The van der Waals surface area contributed by atoms with E-state index in [1.165, 1.54) is 12.3 Å².